The van der Waals surface area contributed by atoms with Crippen LogP contribution in [0.1, 0.15) is 74.8 Å². The van der Waals surface area contributed by atoms with Crippen molar-refractivity contribution in [3.63, 3.8) is 0 Å². The lowest BCUT2D eigenvalue weighted by Gasteiger charge is -2.19. The molecule has 2 atom stereocenters. The van der Waals surface area contributed by atoms with Crippen LogP contribution >= 0.6 is 0 Å². The monoisotopic (exact) mass is 547 g/mol. The van der Waals surface area contributed by atoms with Crippen LogP contribution in [0, 0.1) is 18.6 Å². The largest absolute Gasteiger partial charge is 0.360 e. The lowest BCUT2D eigenvalue weighted by molar-refractivity contribution is 0.526. The molecule has 2 N–H and O–H groups in total. The van der Waals surface area contributed by atoms with Crippen molar-refractivity contribution in [2.24, 2.45) is 0 Å². The number of anilines is 1. The van der Waals surface area contributed by atoms with E-state index in [0.717, 1.165) is 36.2 Å². The van der Waals surface area contributed by atoms with E-state index in [-0.39, 0.29) is 29.7 Å². The molecular weight excluding hydrogens is 514 g/mol. The van der Waals surface area contributed by atoms with Gasteiger partial charge in [-0.3, -0.25) is 14.3 Å². The van der Waals surface area contributed by atoms with E-state index in [4.69, 9.17) is 14.7 Å². The molecule has 0 aromatic carbocycles. The van der Waals surface area contributed by atoms with Gasteiger partial charge in [0.15, 0.2) is 17.3 Å². The van der Waals surface area contributed by atoms with Gasteiger partial charge in [0.2, 0.25) is 0 Å². The minimum atomic E-state index is -2.84. The normalized spacial score (nSPS) is 15.7. The maximum atomic E-state index is 13.7. The van der Waals surface area contributed by atoms with Crippen molar-refractivity contribution in [3.8, 4) is 11.4 Å². The lowest BCUT2D eigenvalue weighted by atomic mass is 10.1. The van der Waals surface area contributed by atoms with E-state index in [2.05, 4.69) is 25.3 Å². The molecule has 0 amide bonds. The number of hydrogen-bond donors (Lipinski definition) is 2. The van der Waals surface area contributed by atoms with Crippen molar-refractivity contribution < 1.29 is 4.21 Å². The van der Waals surface area contributed by atoms with Crippen molar-refractivity contribution >= 4 is 26.7 Å². The average Bonchev–Trinajstić information content (AvgIpc) is 3.77. The molecule has 1 aliphatic rings. The Morgan fingerprint density at radius 2 is 1.87 bits per heavy atom. The number of rotatable bonds is 9. The van der Waals surface area contributed by atoms with Crippen LogP contribution in [-0.4, -0.2) is 44.4 Å². The van der Waals surface area contributed by atoms with E-state index in [0.29, 0.717) is 39.2 Å². The van der Waals surface area contributed by atoms with Gasteiger partial charge in [0.05, 0.1) is 49.5 Å². The summed E-state index contributed by atoms with van der Waals surface area (Å²) in [6.07, 6.45) is 5.95. The highest BCUT2D eigenvalue weighted by molar-refractivity contribution is 7.92. The summed E-state index contributed by atoms with van der Waals surface area (Å²) in [6, 6.07) is 3.24. The molecule has 0 aliphatic heterocycles. The highest BCUT2D eigenvalue weighted by Crippen LogP contribution is 2.43. The molecule has 1 aliphatic carbocycles. The Morgan fingerprint density at radius 3 is 2.51 bits per heavy atom. The molecule has 1 fully saturated rings. The Morgan fingerprint density at radius 1 is 1.10 bits per heavy atom. The Kier molecular flexibility index (Phi) is 7.15. The van der Waals surface area contributed by atoms with Gasteiger partial charge < -0.3 is 5.32 Å². The van der Waals surface area contributed by atoms with Crippen LogP contribution in [0.3, 0.4) is 0 Å². The van der Waals surface area contributed by atoms with Gasteiger partial charge in [-0.15, -0.1) is 0 Å². The Labute approximate surface area is 227 Å². The molecule has 12 heteroatoms. The van der Waals surface area contributed by atoms with E-state index in [9.17, 15) is 9.00 Å². The number of fused-ring (bicyclic) bond motifs is 1. The first-order chi connectivity index (χ1) is 18.6. The number of nitrogens with zero attached hydrogens (tertiary/aromatic N) is 7. The Hall–Kier alpha value is -3.80. The van der Waals surface area contributed by atoms with Gasteiger partial charge in [0.25, 0.3) is 5.56 Å². The average molecular weight is 548 g/mol. The highest BCUT2D eigenvalue weighted by Gasteiger charge is 2.30. The van der Waals surface area contributed by atoms with Crippen molar-refractivity contribution in [2.75, 3.05) is 11.1 Å². The predicted molar refractivity (Wildman–Crippen MR) is 150 cm³/mol. The fourth-order valence-electron chi connectivity index (χ4n) is 4.53. The van der Waals surface area contributed by atoms with Crippen molar-refractivity contribution in [1.29, 1.82) is 4.78 Å². The second-order valence-corrected chi connectivity index (χ2v) is 12.4. The maximum absolute atomic E-state index is 13.7. The molecule has 4 aromatic rings. The van der Waals surface area contributed by atoms with Gasteiger partial charge in [-0.1, -0.05) is 13.8 Å². The summed E-state index contributed by atoms with van der Waals surface area (Å²) >= 11 is 0. The SMILES string of the molecule is CC[C@@H](C)n1c(=O)c(NCc2ccc(S(=N)(=O)CC)cn2)nc2c(C)nc(-c3c(C)ncnc3C3CC3)nc21. The van der Waals surface area contributed by atoms with Crippen LogP contribution in [0.2, 0.25) is 0 Å². The number of aryl methyl sites for hydroxylation is 2. The summed E-state index contributed by atoms with van der Waals surface area (Å²) in [5.74, 6) is 1.31. The molecule has 0 saturated heterocycles. The number of nitrogens with one attached hydrogen (secondary N) is 2. The second kappa shape index (κ2) is 10.4. The van der Waals surface area contributed by atoms with Crippen LogP contribution < -0.4 is 10.9 Å². The first-order valence-electron chi connectivity index (χ1n) is 13.2. The van der Waals surface area contributed by atoms with Crippen LogP contribution in [-0.2, 0) is 16.3 Å². The van der Waals surface area contributed by atoms with Gasteiger partial charge in [-0.25, -0.2) is 33.9 Å². The topological polar surface area (TPSA) is 152 Å². The molecule has 0 radical (unpaired) electrons. The molecule has 11 nitrogen and oxygen atoms in total. The van der Waals surface area contributed by atoms with Crippen molar-refractivity contribution in [3.05, 3.63) is 57.8 Å². The molecule has 1 unspecified atom stereocenters. The van der Waals surface area contributed by atoms with E-state index in [1.54, 1.807) is 30.0 Å². The zero-order valence-electron chi connectivity index (χ0n) is 22.9. The minimum absolute atomic E-state index is 0.126. The molecule has 5 rings (SSSR count). The summed E-state index contributed by atoms with van der Waals surface area (Å²) in [5, 5.41) is 3.13. The summed E-state index contributed by atoms with van der Waals surface area (Å²) < 4.78 is 21.9. The van der Waals surface area contributed by atoms with Gasteiger partial charge in [0.1, 0.15) is 11.8 Å². The fourth-order valence-corrected chi connectivity index (χ4v) is 5.37. The Balaban J connectivity index is 1.57. The van der Waals surface area contributed by atoms with Gasteiger partial charge >= 0.3 is 0 Å². The molecule has 204 valence electrons. The summed E-state index contributed by atoms with van der Waals surface area (Å²) in [4.78, 5) is 41.7. The van der Waals surface area contributed by atoms with Crippen LogP contribution in [0.4, 0.5) is 5.82 Å². The maximum Gasteiger partial charge on any atom is 0.295 e. The van der Waals surface area contributed by atoms with Crippen LogP contribution in [0.5, 0.6) is 0 Å². The second-order valence-electron chi connectivity index (χ2n) is 9.99. The van der Waals surface area contributed by atoms with Gasteiger partial charge in [-0.05, 0) is 52.2 Å². The molecule has 4 heterocycles. The number of hydrogen-bond acceptors (Lipinski definition) is 10. The van der Waals surface area contributed by atoms with E-state index in [1.807, 2.05) is 27.7 Å². The first kappa shape index (κ1) is 26.8. The van der Waals surface area contributed by atoms with E-state index in [1.165, 1.54) is 6.20 Å². The predicted octanol–water partition coefficient (Wildman–Crippen LogP) is 4.54. The standard InChI is InChI=1S/C27H33N9O2S/c1-6-15(3)36-26-22(17(5)33-24(35-26)21-16(4)31-14-32-23(21)18-8-9-18)34-25(27(36)37)30-12-19-10-11-20(13-29-19)39(28,38)7-2/h10-11,13-15,18,28H,6-9,12H2,1-5H3,(H,30,34)/t15-,39?/m1/s1. The summed E-state index contributed by atoms with van der Waals surface area (Å²) in [5.41, 5.74) is 4.66. The van der Waals surface area contributed by atoms with Gasteiger partial charge in [-0.2, -0.15) is 0 Å². The van der Waals surface area contributed by atoms with Crippen molar-refractivity contribution in [2.45, 2.75) is 77.3 Å². The molecule has 4 aromatic heterocycles. The third kappa shape index (κ3) is 5.12. The van der Waals surface area contributed by atoms with Crippen LogP contribution in [0.25, 0.3) is 22.6 Å². The van der Waals surface area contributed by atoms with Crippen LogP contribution in [0.15, 0.2) is 34.3 Å². The molecule has 0 bridgehead atoms. The molecule has 1 saturated carbocycles. The molecular formula is C27H33N9O2S. The number of aromatic nitrogens is 7. The minimum Gasteiger partial charge on any atom is -0.360 e. The zero-order chi connectivity index (χ0) is 27.9. The Bertz CT molecular complexity index is 1710. The quantitative estimate of drug-likeness (QED) is 0.307. The smallest absolute Gasteiger partial charge is 0.295 e. The van der Waals surface area contributed by atoms with Crippen molar-refractivity contribution in [1.82, 2.24) is 34.5 Å². The number of pyridine rings is 1. The summed E-state index contributed by atoms with van der Waals surface area (Å²) in [6.45, 7) is 9.78. The first-order valence-corrected chi connectivity index (χ1v) is 14.9. The zero-order valence-corrected chi connectivity index (χ0v) is 23.7. The molecule has 39 heavy (non-hydrogen) atoms. The lowest BCUT2D eigenvalue weighted by Crippen LogP contribution is -2.29. The van der Waals surface area contributed by atoms with Gasteiger partial charge in [0, 0.05) is 23.9 Å². The van der Waals surface area contributed by atoms with E-state index >= 15 is 0 Å². The third-order valence-electron chi connectivity index (χ3n) is 7.22. The van der Waals surface area contributed by atoms with E-state index < -0.39 is 9.73 Å². The molecule has 0 spiro atoms. The highest BCUT2D eigenvalue weighted by atomic mass is 32.2. The fraction of sp³-hybridized carbons (Fsp3) is 0.444. The summed E-state index contributed by atoms with van der Waals surface area (Å²) in [7, 11) is -2.84. The third-order valence-corrected chi connectivity index (χ3v) is 9.04.